The van der Waals surface area contributed by atoms with E-state index in [1.54, 1.807) is 0 Å². The van der Waals surface area contributed by atoms with E-state index in [1.807, 2.05) is 13.2 Å². The van der Waals surface area contributed by atoms with Gasteiger partial charge in [0.05, 0.1) is 12.2 Å². The molecule has 0 spiro atoms. The summed E-state index contributed by atoms with van der Waals surface area (Å²) in [7, 11) is 1.98. The molecule has 3 rings (SSSR count). The molecule has 3 heterocycles. The topological polar surface area (TPSA) is 37.4 Å². The Labute approximate surface area is 108 Å². The molecule has 2 atom stereocenters. The fraction of sp³-hybridized carbons (Fsp3) is 0.643. The lowest BCUT2D eigenvalue weighted by molar-refractivity contribution is 0.0304. The van der Waals surface area contributed by atoms with Gasteiger partial charge in [0.25, 0.3) is 0 Å². The van der Waals surface area contributed by atoms with Crippen LogP contribution in [0.2, 0.25) is 0 Å². The molecule has 2 aliphatic heterocycles. The summed E-state index contributed by atoms with van der Waals surface area (Å²) in [6.45, 7) is 4.98. The van der Waals surface area contributed by atoms with Crippen molar-refractivity contribution in [2.24, 2.45) is 0 Å². The summed E-state index contributed by atoms with van der Waals surface area (Å²) < 4.78 is 5.91. The Morgan fingerprint density at radius 1 is 1.39 bits per heavy atom. The van der Waals surface area contributed by atoms with Crippen LogP contribution in [0.4, 0.5) is 5.69 Å². The molecule has 98 valence electrons. The number of nitrogens with one attached hydrogen (secondary N) is 1. The molecule has 0 aromatic carbocycles. The van der Waals surface area contributed by atoms with E-state index in [4.69, 9.17) is 4.74 Å². The molecular formula is C14H21N3O. The number of nitrogens with zero attached hydrogens (tertiary/aromatic N) is 2. The van der Waals surface area contributed by atoms with Gasteiger partial charge in [0.2, 0.25) is 0 Å². The van der Waals surface area contributed by atoms with Crippen LogP contribution in [-0.2, 0) is 11.3 Å². The molecule has 1 aromatic heterocycles. The summed E-state index contributed by atoms with van der Waals surface area (Å²) in [6, 6.07) is 2.21. The molecule has 2 aliphatic rings. The van der Waals surface area contributed by atoms with Crippen LogP contribution >= 0.6 is 0 Å². The number of morpholine rings is 1. The Kier molecular flexibility index (Phi) is 3.22. The lowest BCUT2D eigenvalue weighted by Crippen LogP contribution is -2.43. The third-order valence-electron chi connectivity index (χ3n) is 3.85. The third kappa shape index (κ3) is 2.22. The van der Waals surface area contributed by atoms with Gasteiger partial charge < -0.3 is 15.0 Å². The van der Waals surface area contributed by atoms with Crippen LogP contribution in [0.5, 0.6) is 0 Å². The molecule has 0 saturated carbocycles. The number of aromatic nitrogens is 1. The second kappa shape index (κ2) is 4.86. The molecule has 1 N–H and O–H groups in total. The zero-order chi connectivity index (χ0) is 12.5. The standard InChI is InChI=1S/C14H21N3O/c1-10-5-14(11(6-15-2)7-16-10)17-8-12-3-4-13(9-17)18-12/h5,7,12-13,15H,3-4,6,8-9H2,1-2H3. The first-order chi connectivity index (χ1) is 8.76. The summed E-state index contributed by atoms with van der Waals surface area (Å²) in [6.07, 6.45) is 5.29. The molecule has 0 amide bonds. The van der Waals surface area contributed by atoms with E-state index in [9.17, 15) is 0 Å². The van der Waals surface area contributed by atoms with E-state index in [-0.39, 0.29) is 0 Å². The van der Waals surface area contributed by atoms with Gasteiger partial charge in [-0.15, -0.1) is 0 Å². The fourth-order valence-corrected chi connectivity index (χ4v) is 3.01. The van der Waals surface area contributed by atoms with Gasteiger partial charge in [-0.25, -0.2) is 0 Å². The van der Waals surface area contributed by atoms with E-state index >= 15 is 0 Å². The molecule has 18 heavy (non-hydrogen) atoms. The first-order valence-electron chi connectivity index (χ1n) is 6.77. The van der Waals surface area contributed by atoms with Gasteiger partial charge in [-0.3, -0.25) is 4.98 Å². The highest BCUT2D eigenvalue weighted by Crippen LogP contribution is 2.31. The fourth-order valence-electron chi connectivity index (χ4n) is 3.01. The minimum atomic E-state index is 0.430. The van der Waals surface area contributed by atoms with Crippen LogP contribution in [0.15, 0.2) is 12.3 Å². The third-order valence-corrected chi connectivity index (χ3v) is 3.85. The number of rotatable bonds is 3. The summed E-state index contributed by atoms with van der Waals surface area (Å²) >= 11 is 0. The Morgan fingerprint density at radius 2 is 2.11 bits per heavy atom. The Hall–Kier alpha value is -1.13. The smallest absolute Gasteiger partial charge is 0.0755 e. The van der Waals surface area contributed by atoms with Crippen molar-refractivity contribution >= 4 is 5.69 Å². The van der Waals surface area contributed by atoms with Crippen molar-refractivity contribution in [1.29, 1.82) is 0 Å². The zero-order valence-electron chi connectivity index (χ0n) is 11.1. The minimum absolute atomic E-state index is 0.430. The first-order valence-corrected chi connectivity index (χ1v) is 6.77. The summed E-state index contributed by atoms with van der Waals surface area (Å²) in [5, 5.41) is 3.22. The number of fused-ring (bicyclic) bond motifs is 2. The second-order valence-electron chi connectivity index (χ2n) is 5.35. The lowest BCUT2D eigenvalue weighted by Gasteiger charge is -2.35. The van der Waals surface area contributed by atoms with E-state index in [1.165, 1.54) is 24.1 Å². The molecule has 2 saturated heterocycles. The lowest BCUT2D eigenvalue weighted by atomic mass is 10.1. The Balaban J connectivity index is 1.88. The highest BCUT2D eigenvalue weighted by molar-refractivity contribution is 5.54. The predicted molar refractivity (Wildman–Crippen MR) is 71.8 cm³/mol. The van der Waals surface area contributed by atoms with E-state index in [0.717, 1.165) is 25.3 Å². The van der Waals surface area contributed by atoms with Crippen molar-refractivity contribution in [2.45, 2.75) is 38.5 Å². The number of ether oxygens (including phenoxy) is 1. The normalized spacial score (nSPS) is 26.7. The molecule has 0 radical (unpaired) electrons. The molecule has 4 heteroatoms. The van der Waals surface area contributed by atoms with Crippen molar-refractivity contribution in [3.8, 4) is 0 Å². The minimum Gasteiger partial charge on any atom is -0.371 e. The number of anilines is 1. The maximum Gasteiger partial charge on any atom is 0.0755 e. The average Bonchev–Trinajstić information content (AvgIpc) is 2.71. The van der Waals surface area contributed by atoms with Crippen molar-refractivity contribution in [3.63, 3.8) is 0 Å². The number of hydrogen-bond acceptors (Lipinski definition) is 4. The first kappa shape index (κ1) is 11.9. The van der Waals surface area contributed by atoms with E-state index < -0.39 is 0 Å². The largest absolute Gasteiger partial charge is 0.371 e. The molecule has 2 fully saturated rings. The van der Waals surface area contributed by atoms with Crippen molar-refractivity contribution in [2.75, 3.05) is 25.0 Å². The highest BCUT2D eigenvalue weighted by atomic mass is 16.5. The Morgan fingerprint density at radius 3 is 2.78 bits per heavy atom. The van der Waals surface area contributed by atoms with Gasteiger partial charge in [0.15, 0.2) is 0 Å². The second-order valence-corrected chi connectivity index (χ2v) is 5.35. The summed E-state index contributed by atoms with van der Waals surface area (Å²) in [4.78, 5) is 6.89. The zero-order valence-corrected chi connectivity index (χ0v) is 11.1. The van der Waals surface area contributed by atoms with Gasteiger partial charge in [0, 0.05) is 42.8 Å². The monoisotopic (exact) mass is 247 g/mol. The predicted octanol–water partition coefficient (Wildman–Crippen LogP) is 1.48. The van der Waals surface area contributed by atoms with Gasteiger partial charge >= 0.3 is 0 Å². The molecular weight excluding hydrogens is 226 g/mol. The summed E-state index contributed by atoms with van der Waals surface area (Å²) in [5.74, 6) is 0. The highest BCUT2D eigenvalue weighted by Gasteiger charge is 2.34. The molecule has 1 aromatic rings. The van der Waals surface area contributed by atoms with Gasteiger partial charge in [0.1, 0.15) is 0 Å². The van der Waals surface area contributed by atoms with Crippen LogP contribution in [0.1, 0.15) is 24.1 Å². The molecule has 4 nitrogen and oxygen atoms in total. The van der Waals surface area contributed by atoms with Crippen molar-refractivity contribution in [3.05, 3.63) is 23.5 Å². The molecule has 2 unspecified atom stereocenters. The maximum atomic E-state index is 5.91. The number of pyridine rings is 1. The summed E-state index contributed by atoms with van der Waals surface area (Å²) in [5.41, 5.74) is 3.70. The van der Waals surface area contributed by atoms with Gasteiger partial charge in [-0.2, -0.15) is 0 Å². The SMILES string of the molecule is CNCc1cnc(C)cc1N1CC2CCC(C1)O2. The van der Waals surface area contributed by atoms with E-state index in [0.29, 0.717) is 12.2 Å². The van der Waals surface area contributed by atoms with Crippen LogP contribution in [0.3, 0.4) is 0 Å². The number of hydrogen-bond donors (Lipinski definition) is 1. The average molecular weight is 247 g/mol. The number of aryl methyl sites for hydroxylation is 1. The van der Waals surface area contributed by atoms with Crippen LogP contribution in [-0.4, -0.2) is 37.3 Å². The van der Waals surface area contributed by atoms with Crippen LogP contribution < -0.4 is 10.2 Å². The molecule has 2 bridgehead atoms. The van der Waals surface area contributed by atoms with Crippen LogP contribution in [0.25, 0.3) is 0 Å². The van der Waals surface area contributed by atoms with Crippen LogP contribution in [0, 0.1) is 6.92 Å². The van der Waals surface area contributed by atoms with Gasteiger partial charge in [-0.1, -0.05) is 0 Å². The van der Waals surface area contributed by atoms with Crippen molar-refractivity contribution < 1.29 is 4.74 Å². The van der Waals surface area contributed by atoms with E-state index in [2.05, 4.69) is 28.2 Å². The maximum absolute atomic E-state index is 5.91. The Bertz CT molecular complexity index is 423. The quantitative estimate of drug-likeness (QED) is 0.878. The van der Waals surface area contributed by atoms with Gasteiger partial charge in [-0.05, 0) is 32.9 Å². The molecule has 0 aliphatic carbocycles. The van der Waals surface area contributed by atoms with Crippen molar-refractivity contribution in [1.82, 2.24) is 10.3 Å².